The molecule has 96 valence electrons. The minimum absolute atomic E-state index is 0.328. The summed E-state index contributed by atoms with van der Waals surface area (Å²) in [5.74, 6) is 0.590. The van der Waals surface area contributed by atoms with E-state index in [2.05, 4.69) is 10.3 Å². The van der Waals surface area contributed by atoms with Gasteiger partial charge in [-0.2, -0.15) is 0 Å². The Bertz CT molecular complexity index is 528. The van der Waals surface area contributed by atoms with Crippen LogP contribution >= 0.6 is 0 Å². The number of oxazole rings is 1. The summed E-state index contributed by atoms with van der Waals surface area (Å²) in [5.41, 5.74) is 1.48. The van der Waals surface area contributed by atoms with Crippen LogP contribution in [0.4, 0.5) is 0 Å². The highest BCUT2D eigenvalue weighted by Crippen LogP contribution is 2.18. The average Bonchev–Trinajstić information content (AvgIpc) is 2.84. The second-order valence-corrected chi connectivity index (χ2v) is 5.98. The maximum atomic E-state index is 12.2. The molecule has 0 aliphatic carbocycles. The van der Waals surface area contributed by atoms with Gasteiger partial charge in [-0.05, 0) is 31.5 Å². The largest absolute Gasteiger partial charge is 0.430 e. The van der Waals surface area contributed by atoms with E-state index in [1.165, 1.54) is 12.8 Å². The Kier molecular flexibility index (Phi) is 3.43. The molecule has 0 saturated carbocycles. The summed E-state index contributed by atoms with van der Waals surface area (Å²) in [5, 5.41) is 3.74. The molecule has 4 nitrogen and oxygen atoms in total. The van der Waals surface area contributed by atoms with Crippen molar-refractivity contribution < 1.29 is 8.63 Å². The number of para-hydroxylation sites is 2. The third-order valence-electron chi connectivity index (χ3n) is 3.23. The molecule has 0 spiro atoms. The van der Waals surface area contributed by atoms with Crippen LogP contribution < -0.4 is 5.32 Å². The Balaban J connectivity index is 1.74. The molecule has 1 aromatic carbocycles. The summed E-state index contributed by atoms with van der Waals surface area (Å²) in [7, 11) is -1.15. The fourth-order valence-corrected chi connectivity index (χ4v) is 3.44. The lowest BCUT2D eigenvalue weighted by Gasteiger charge is -2.22. The van der Waals surface area contributed by atoms with E-state index in [0.717, 1.165) is 18.5 Å². The molecule has 1 fully saturated rings. The highest BCUT2D eigenvalue weighted by atomic mass is 32.2. The van der Waals surface area contributed by atoms with Crippen LogP contribution in [0.5, 0.6) is 0 Å². The number of fused-ring (bicyclic) bond motifs is 1. The third-order valence-corrected chi connectivity index (χ3v) is 4.50. The van der Waals surface area contributed by atoms with Crippen molar-refractivity contribution in [2.45, 2.75) is 30.5 Å². The van der Waals surface area contributed by atoms with Gasteiger partial charge in [0.15, 0.2) is 5.58 Å². The second-order valence-electron chi connectivity index (χ2n) is 4.61. The standard InChI is InChI=1S/C13H16N2O2S/c16-18(9-10-5-3-4-8-14-10)13-15-11-6-1-2-7-12(11)17-13/h1-2,6-7,10,14H,3-5,8-9H2/t10-,18-/m1/s1. The predicted molar refractivity (Wildman–Crippen MR) is 70.9 cm³/mol. The second kappa shape index (κ2) is 5.20. The Labute approximate surface area is 108 Å². The molecule has 1 aliphatic heterocycles. The zero-order chi connectivity index (χ0) is 12.4. The van der Waals surface area contributed by atoms with E-state index in [-0.39, 0.29) is 0 Å². The van der Waals surface area contributed by atoms with E-state index in [1.54, 1.807) is 0 Å². The number of nitrogens with one attached hydrogen (secondary N) is 1. The van der Waals surface area contributed by atoms with Crippen LogP contribution in [-0.4, -0.2) is 27.5 Å². The summed E-state index contributed by atoms with van der Waals surface area (Å²) in [4.78, 5) is 4.28. The maximum absolute atomic E-state index is 12.2. The topological polar surface area (TPSA) is 55.1 Å². The number of hydrogen-bond acceptors (Lipinski definition) is 4. The van der Waals surface area contributed by atoms with Crippen LogP contribution in [0.3, 0.4) is 0 Å². The van der Waals surface area contributed by atoms with Crippen molar-refractivity contribution in [1.29, 1.82) is 0 Å². The van der Waals surface area contributed by atoms with Gasteiger partial charge in [0.05, 0.1) is 0 Å². The SMILES string of the molecule is O=[S@](C[C@H]1CCCCN1)c1nc2ccccc2o1. The smallest absolute Gasteiger partial charge is 0.287 e. The fourth-order valence-electron chi connectivity index (χ4n) is 2.27. The highest BCUT2D eigenvalue weighted by Gasteiger charge is 2.19. The number of nitrogens with zero attached hydrogens (tertiary/aromatic N) is 1. The molecule has 1 saturated heterocycles. The third kappa shape index (κ3) is 2.47. The van der Waals surface area contributed by atoms with Gasteiger partial charge >= 0.3 is 0 Å². The molecule has 1 N–H and O–H groups in total. The van der Waals surface area contributed by atoms with Crippen molar-refractivity contribution in [3.8, 4) is 0 Å². The lowest BCUT2D eigenvalue weighted by Crippen LogP contribution is -2.38. The number of hydrogen-bond donors (Lipinski definition) is 1. The fraction of sp³-hybridized carbons (Fsp3) is 0.462. The van der Waals surface area contributed by atoms with Gasteiger partial charge in [-0.3, -0.25) is 0 Å². The number of piperidine rings is 1. The highest BCUT2D eigenvalue weighted by molar-refractivity contribution is 7.84. The van der Waals surface area contributed by atoms with Gasteiger partial charge in [0.2, 0.25) is 0 Å². The van der Waals surface area contributed by atoms with Crippen LogP contribution in [0.2, 0.25) is 0 Å². The van der Waals surface area contributed by atoms with Crippen LogP contribution in [0.1, 0.15) is 19.3 Å². The Morgan fingerprint density at radius 3 is 3.06 bits per heavy atom. The van der Waals surface area contributed by atoms with E-state index in [1.807, 2.05) is 24.3 Å². The number of rotatable bonds is 3. The van der Waals surface area contributed by atoms with E-state index in [9.17, 15) is 4.21 Å². The van der Waals surface area contributed by atoms with E-state index in [4.69, 9.17) is 4.42 Å². The van der Waals surface area contributed by atoms with Crippen molar-refractivity contribution in [1.82, 2.24) is 10.3 Å². The molecular weight excluding hydrogens is 248 g/mol. The molecule has 5 heteroatoms. The summed E-state index contributed by atoms with van der Waals surface area (Å²) in [6.45, 7) is 1.02. The molecule has 0 amide bonds. The van der Waals surface area contributed by atoms with Crippen LogP contribution in [-0.2, 0) is 10.8 Å². The Morgan fingerprint density at radius 1 is 1.39 bits per heavy atom. The summed E-state index contributed by atoms with van der Waals surface area (Å²) in [6.07, 6.45) is 3.51. The first-order valence-electron chi connectivity index (χ1n) is 6.30. The van der Waals surface area contributed by atoms with Gasteiger partial charge in [0, 0.05) is 11.8 Å². The van der Waals surface area contributed by atoms with E-state index < -0.39 is 10.8 Å². The monoisotopic (exact) mass is 264 g/mol. The van der Waals surface area contributed by atoms with Crippen molar-refractivity contribution in [3.63, 3.8) is 0 Å². The molecule has 2 aromatic rings. The number of benzene rings is 1. The first-order valence-corrected chi connectivity index (χ1v) is 7.62. The Hall–Kier alpha value is -1.20. The van der Waals surface area contributed by atoms with Crippen molar-refractivity contribution in [3.05, 3.63) is 24.3 Å². The van der Waals surface area contributed by atoms with Gasteiger partial charge in [0.1, 0.15) is 16.3 Å². The van der Waals surface area contributed by atoms with Crippen molar-refractivity contribution >= 4 is 21.9 Å². The summed E-state index contributed by atoms with van der Waals surface area (Å²) < 4.78 is 17.7. The number of aromatic nitrogens is 1. The zero-order valence-corrected chi connectivity index (χ0v) is 10.9. The zero-order valence-electron chi connectivity index (χ0n) is 10.1. The van der Waals surface area contributed by atoms with Crippen LogP contribution in [0.25, 0.3) is 11.1 Å². The van der Waals surface area contributed by atoms with E-state index in [0.29, 0.717) is 22.6 Å². The van der Waals surface area contributed by atoms with Gasteiger partial charge in [-0.25, -0.2) is 9.19 Å². The van der Waals surface area contributed by atoms with Gasteiger partial charge in [0.25, 0.3) is 5.22 Å². The molecule has 1 aromatic heterocycles. The molecule has 0 bridgehead atoms. The quantitative estimate of drug-likeness (QED) is 0.922. The van der Waals surface area contributed by atoms with Crippen LogP contribution in [0, 0.1) is 0 Å². The van der Waals surface area contributed by atoms with Crippen molar-refractivity contribution in [2.24, 2.45) is 0 Å². The van der Waals surface area contributed by atoms with Crippen LogP contribution in [0.15, 0.2) is 33.9 Å². The molecular formula is C13H16N2O2S. The lowest BCUT2D eigenvalue weighted by atomic mass is 10.1. The minimum Gasteiger partial charge on any atom is -0.430 e. The Morgan fingerprint density at radius 2 is 2.28 bits per heavy atom. The molecule has 18 heavy (non-hydrogen) atoms. The van der Waals surface area contributed by atoms with Gasteiger partial charge in [-0.15, -0.1) is 0 Å². The average molecular weight is 264 g/mol. The van der Waals surface area contributed by atoms with Gasteiger partial charge < -0.3 is 9.73 Å². The van der Waals surface area contributed by atoms with Crippen molar-refractivity contribution in [2.75, 3.05) is 12.3 Å². The molecule has 2 atom stereocenters. The maximum Gasteiger partial charge on any atom is 0.287 e. The lowest BCUT2D eigenvalue weighted by molar-refractivity contribution is 0.423. The van der Waals surface area contributed by atoms with Gasteiger partial charge in [-0.1, -0.05) is 18.6 Å². The minimum atomic E-state index is -1.15. The molecule has 2 heterocycles. The molecule has 0 radical (unpaired) electrons. The summed E-state index contributed by atoms with van der Waals surface area (Å²) >= 11 is 0. The summed E-state index contributed by atoms with van der Waals surface area (Å²) in [6, 6.07) is 7.85. The molecule has 0 unspecified atom stereocenters. The normalized spacial score (nSPS) is 22.1. The first-order chi connectivity index (χ1) is 8.83. The first kappa shape index (κ1) is 11.9. The molecule has 1 aliphatic rings. The predicted octanol–water partition coefficient (Wildman–Crippen LogP) is 2.08. The van der Waals surface area contributed by atoms with E-state index >= 15 is 0 Å². The molecule has 3 rings (SSSR count).